The van der Waals surface area contributed by atoms with Gasteiger partial charge in [-0.1, -0.05) is 0 Å². The molecule has 0 unspecified atom stereocenters. The monoisotopic (exact) mass is 384 g/mol. The molecule has 0 aliphatic rings. The number of aliphatic carboxylic acids is 1. The normalized spacial score (nSPS) is 11.2. The van der Waals surface area contributed by atoms with E-state index >= 15 is 0 Å². The molecule has 1 N–H and O–H groups in total. The first-order valence-corrected chi connectivity index (χ1v) is 6.28. The van der Waals surface area contributed by atoms with Crippen LogP contribution in [0.25, 0.3) is 0 Å². The number of ether oxygens (including phenoxy) is 1. The second-order valence-corrected chi connectivity index (χ2v) is 5.17. The molecule has 0 aliphatic heterocycles. The molecule has 7 heteroatoms. The van der Waals surface area contributed by atoms with Gasteiger partial charge in [-0.05, 0) is 59.7 Å². The highest BCUT2D eigenvalue weighted by molar-refractivity contribution is 14.1. The summed E-state index contributed by atoms with van der Waals surface area (Å²) >= 11 is 2.01. The molecule has 0 radical (unpaired) electrons. The van der Waals surface area contributed by atoms with Gasteiger partial charge in [0.25, 0.3) is 0 Å². The number of esters is 1. The smallest absolute Gasteiger partial charge is 0.378 e. The van der Waals surface area contributed by atoms with Crippen LogP contribution in [0.5, 0.6) is 0 Å². The highest BCUT2D eigenvalue weighted by Crippen LogP contribution is 2.21. The molecule has 0 aromatic heterocycles. The summed E-state index contributed by atoms with van der Waals surface area (Å²) in [5.74, 6) is -7.36. The van der Waals surface area contributed by atoms with Crippen molar-refractivity contribution in [1.82, 2.24) is 0 Å². The number of carbonyl (C=O) groups excluding carboxylic acids is 1. The third-order valence-corrected chi connectivity index (χ3v) is 3.53. The minimum Gasteiger partial charge on any atom is -0.477 e. The SMILES string of the molecule is Cc1cc(I)c(C)c(C(=O)OCC(F)(F)C(=O)O)c1. The number of aryl methyl sites for hydroxylation is 1. The summed E-state index contributed by atoms with van der Waals surface area (Å²) in [6, 6.07) is 3.34. The molecule has 0 heterocycles. The van der Waals surface area contributed by atoms with E-state index in [1.165, 1.54) is 6.07 Å². The minimum absolute atomic E-state index is 0.158. The first-order valence-electron chi connectivity index (χ1n) is 5.20. The Hall–Kier alpha value is -1.25. The van der Waals surface area contributed by atoms with E-state index in [0.29, 0.717) is 5.56 Å². The van der Waals surface area contributed by atoms with Crippen molar-refractivity contribution in [3.63, 3.8) is 0 Å². The zero-order valence-electron chi connectivity index (χ0n) is 10.2. The number of carboxylic acids is 1. The van der Waals surface area contributed by atoms with Gasteiger partial charge in [0, 0.05) is 3.57 Å². The van der Waals surface area contributed by atoms with Crippen molar-refractivity contribution < 1.29 is 28.2 Å². The second-order valence-electron chi connectivity index (χ2n) is 4.01. The summed E-state index contributed by atoms with van der Waals surface area (Å²) in [5, 5.41) is 8.23. The Labute approximate surface area is 121 Å². The highest BCUT2D eigenvalue weighted by atomic mass is 127. The van der Waals surface area contributed by atoms with Crippen molar-refractivity contribution in [1.29, 1.82) is 0 Å². The van der Waals surface area contributed by atoms with Crippen LogP contribution in [-0.4, -0.2) is 29.6 Å². The standard InChI is InChI=1S/C12H11F2IO4/c1-6-3-8(7(2)9(15)4-6)10(16)19-5-12(13,14)11(17)18/h3-4H,5H2,1-2H3,(H,17,18). The lowest BCUT2D eigenvalue weighted by atomic mass is 10.1. The largest absolute Gasteiger partial charge is 0.477 e. The van der Waals surface area contributed by atoms with Crippen molar-refractivity contribution in [2.45, 2.75) is 19.8 Å². The summed E-state index contributed by atoms with van der Waals surface area (Å²) in [4.78, 5) is 21.9. The molecule has 0 amide bonds. The molecule has 1 aromatic rings. The van der Waals surface area contributed by atoms with Gasteiger partial charge in [0.05, 0.1) is 5.56 Å². The number of carbonyl (C=O) groups is 2. The molecule has 4 nitrogen and oxygen atoms in total. The van der Waals surface area contributed by atoms with Gasteiger partial charge in [0.15, 0.2) is 6.61 Å². The molecule has 0 atom stereocenters. The van der Waals surface area contributed by atoms with Crippen LogP contribution in [0.15, 0.2) is 12.1 Å². The van der Waals surface area contributed by atoms with Crippen molar-refractivity contribution in [2.75, 3.05) is 6.61 Å². The number of hydrogen-bond donors (Lipinski definition) is 1. The van der Waals surface area contributed by atoms with Crippen LogP contribution in [0.2, 0.25) is 0 Å². The summed E-state index contributed by atoms with van der Waals surface area (Å²) in [6.45, 7) is 1.93. The maximum atomic E-state index is 12.8. The van der Waals surface area contributed by atoms with Crippen LogP contribution in [-0.2, 0) is 9.53 Å². The molecular formula is C12H11F2IO4. The maximum Gasteiger partial charge on any atom is 0.378 e. The van der Waals surface area contributed by atoms with E-state index in [1.807, 2.05) is 28.7 Å². The van der Waals surface area contributed by atoms with Crippen LogP contribution < -0.4 is 0 Å². The first-order chi connectivity index (χ1) is 8.65. The van der Waals surface area contributed by atoms with Gasteiger partial charge in [-0.25, -0.2) is 9.59 Å². The van der Waals surface area contributed by atoms with E-state index in [2.05, 4.69) is 4.74 Å². The fraction of sp³-hybridized carbons (Fsp3) is 0.333. The van der Waals surface area contributed by atoms with Gasteiger partial charge in [-0.3, -0.25) is 0 Å². The third-order valence-electron chi connectivity index (χ3n) is 2.41. The van der Waals surface area contributed by atoms with Crippen molar-refractivity contribution >= 4 is 34.5 Å². The fourth-order valence-electron chi connectivity index (χ4n) is 1.32. The second kappa shape index (κ2) is 5.81. The number of rotatable bonds is 4. The molecule has 0 bridgehead atoms. The Balaban J connectivity index is 2.88. The molecule has 0 saturated carbocycles. The van der Waals surface area contributed by atoms with E-state index in [9.17, 15) is 18.4 Å². The molecule has 0 aliphatic carbocycles. The van der Waals surface area contributed by atoms with E-state index in [-0.39, 0.29) is 5.56 Å². The van der Waals surface area contributed by atoms with Crippen molar-refractivity contribution in [3.05, 3.63) is 32.4 Å². The quantitative estimate of drug-likeness (QED) is 0.641. The summed E-state index contributed by atoms with van der Waals surface area (Å²) in [6.07, 6.45) is 0. The number of benzene rings is 1. The number of carboxylic acid groups (broad SMARTS) is 1. The summed E-state index contributed by atoms with van der Waals surface area (Å²) < 4.78 is 30.8. The van der Waals surface area contributed by atoms with Crippen LogP contribution in [0, 0.1) is 17.4 Å². The van der Waals surface area contributed by atoms with Crippen LogP contribution >= 0.6 is 22.6 Å². The van der Waals surface area contributed by atoms with Crippen molar-refractivity contribution in [3.8, 4) is 0 Å². The molecule has 0 fully saturated rings. The predicted octanol–water partition coefficient (Wildman–Crippen LogP) is 2.78. The van der Waals surface area contributed by atoms with Gasteiger partial charge in [-0.2, -0.15) is 8.78 Å². The highest BCUT2D eigenvalue weighted by Gasteiger charge is 2.40. The molecular weight excluding hydrogens is 373 g/mol. The summed E-state index contributed by atoms with van der Waals surface area (Å²) in [5.41, 5.74) is 1.55. The van der Waals surface area contributed by atoms with Crippen molar-refractivity contribution in [2.24, 2.45) is 0 Å². The van der Waals surface area contributed by atoms with Crippen LogP contribution in [0.3, 0.4) is 0 Å². The average molecular weight is 384 g/mol. The Morgan fingerprint density at radius 2 is 1.95 bits per heavy atom. The zero-order valence-corrected chi connectivity index (χ0v) is 12.3. The lowest BCUT2D eigenvalue weighted by molar-refractivity contribution is -0.170. The van der Waals surface area contributed by atoms with Crippen LogP contribution in [0.1, 0.15) is 21.5 Å². The molecule has 104 valence electrons. The fourth-order valence-corrected chi connectivity index (χ4v) is 2.10. The predicted molar refractivity (Wildman–Crippen MR) is 71.5 cm³/mol. The number of halogens is 3. The molecule has 1 aromatic carbocycles. The van der Waals surface area contributed by atoms with Gasteiger partial charge in [-0.15, -0.1) is 0 Å². The van der Waals surface area contributed by atoms with Gasteiger partial charge in [0.2, 0.25) is 0 Å². The van der Waals surface area contributed by atoms with E-state index in [4.69, 9.17) is 5.11 Å². The van der Waals surface area contributed by atoms with Gasteiger partial charge >= 0.3 is 17.9 Å². The molecule has 0 saturated heterocycles. The minimum atomic E-state index is -4.08. The Morgan fingerprint density at radius 1 is 1.37 bits per heavy atom. The first kappa shape index (κ1) is 15.8. The van der Waals surface area contributed by atoms with E-state index in [0.717, 1.165) is 9.13 Å². The number of alkyl halides is 2. The van der Waals surface area contributed by atoms with E-state index < -0.39 is 24.5 Å². The average Bonchev–Trinajstić information content (AvgIpc) is 2.30. The topological polar surface area (TPSA) is 63.6 Å². The Kier molecular flexibility index (Phi) is 4.83. The van der Waals surface area contributed by atoms with E-state index in [1.54, 1.807) is 13.8 Å². The third kappa shape index (κ3) is 3.85. The maximum absolute atomic E-state index is 12.8. The van der Waals surface area contributed by atoms with Gasteiger partial charge in [0.1, 0.15) is 0 Å². The number of hydrogen-bond acceptors (Lipinski definition) is 3. The zero-order chi connectivity index (χ0) is 14.8. The Bertz CT molecular complexity index is 529. The molecule has 1 rings (SSSR count). The molecule has 19 heavy (non-hydrogen) atoms. The van der Waals surface area contributed by atoms with Crippen LogP contribution in [0.4, 0.5) is 8.78 Å². The molecule has 0 spiro atoms. The van der Waals surface area contributed by atoms with Gasteiger partial charge < -0.3 is 9.84 Å². The Morgan fingerprint density at radius 3 is 2.47 bits per heavy atom. The lowest BCUT2D eigenvalue weighted by Gasteiger charge is -2.13. The lowest BCUT2D eigenvalue weighted by Crippen LogP contribution is -2.34. The summed E-state index contributed by atoms with van der Waals surface area (Å²) in [7, 11) is 0.